The molecule has 12 rings (SSSR count). The van der Waals surface area contributed by atoms with Gasteiger partial charge in [0.25, 0.3) is 0 Å². The first kappa shape index (κ1) is 30.9. The fourth-order valence-corrected chi connectivity index (χ4v) is 11.3. The standard InChI is InChI=1S/C53H35NS/c1-2-33-22-23-35-14-11-18-45-41-16-6-9-20-47(41)53(52(33)51(35)45)46-19-8-5-15-40(46)42-28-26-38(31-48(42)53)54(37-25-24-34-12-3-4-13-36(34)30-37)39-27-29-44-43-17-7-10-21-49(43)55-50(44)32-39/h3-32H,2H2,1H3. The van der Waals surface area contributed by atoms with E-state index in [0.29, 0.717) is 0 Å². The molecule has 0 bridgehead atoms. The van der Waals surface area contributed by atoms with Gasteiger partial charge in [-0.25, -0.2) is 0 Å². The van der Waals surface area contributed by atoms with Crippen LogP contribution in [0.4, 0.5) is 17.1 Å². The lowest BCUT2D eigenvalue weighted by atomic mass is 9.60. The fourth-order valence-electron chi connectivity index (χ4n) is 10.1. The monoisotopic (exact) mass is 717 g/mol. The van der Waals surface area contributed by atoms with Crippen LogP contribution in [0.2, 0.25) is 0 Å². The van der Waals surface area contributed by atoms with Crippen LogP contribution in [0.3, 0.4) is 0 Å². The lowest BCUT2D eigenvalue weighted by molar-refractivity contribution is 0.759. The molecule has 55 heavy (non-hydrogen) atoms. The molecule has 1 unspecified atom stereocenters. The number of hydrogen-bond donors (Lipinski definition) is 0. The van der Waals surface area contributed by atoms with Gasteiger partial charge in [-0.1, -0.05) is 146 Å². The van der Waals surface area contributed by atoms with Gasteiger partial charge in [-0.2, -0.15) is 0 Å². The summed E-state index contributed by atoms with van der Waals surface area (Å²) in [6.45, 7) is 2.32. The Kier molecular flexibility index (Phi) is 6.47. The molecule has 0 radical (unpaired) electrons. The summed E-state index contributed by atoms with van der Waals surface area (Å²) < 4.78 is 2.62. The highest BCUT2D eigenvalue weighted by molar-refractivity contribution is 7.25. The highest BCUT2D eigenvalue weighted by atomic mass is 32.1. The van der Waals surface area contributed by atoms with Gasteiger partial charge in [-0.3, -0.25) is 0 Å². The molecule has 0 aliphatic heterocycles. The van der Waals surface area contributed by atoms with Crippen LogP contribution >= 0.6 is 11.3 Å². The van der Waals surface area contributed by atoms with Gasteiger partial charge in [0.1, 0.15) is 0 Å². The quantitative estimate of drug-likeness (QED) is 0.175. The smallest absolute Gasteiger partial charge is 0.0729 e. The maximum absolute atomic E-state index is 2.53. The first-order chi connectivity index (χ1) is 27.2. The van der Waals surface area contributed by atoms with Gasteiger partial charge in [-0.15, -0.1) is 11.3 Å². The molecule has 258 valence electrons. The summed E-state index contributed by atoms with van der Waals surface area (Å²) in [6.07, 6.45) is 0.957. The molecule has 1 heterocycles. The molecule has 1 spiro atoms. The third-order valence-electron chi connectivity index (χ3n) is 12.4. The molecule has 2 aliphatic rings. The predicted molar refractivity (Wildman–Crippen MR) is 235 cm³/mol. The van der Waals surface area contributed by atoms with Crippen molar-refractivity contribution in [3.63, 3.8) is 0 Å². The van der Waals surface area contributed by atoms with E-state index in [4.69, 9.17) is 0 Å². The van der Waals surface area contributed by atoms with Crippen molar-refractivity contribution >= 4 is 70.1 Å². The van der Waals surface area contributed by atoms with Crippen molar-refractivity contribution in [3.05, 3.63) is 210 Å². The van der Waals surface area contributed by atoms with Crippen molar-refractivity contribution in [1.29, 1.82) is 0 Å². The second-order valence-electron chi connectivity index (χ2n) is 15.1. The van der Waals surface area contributed by atoms with E-state index in [1.807, 2.05) is 11.3 Å². The maximum atomic E-state index is 2.53. The molecule has 0 saturated heterocycles. The first-order valence-electron chi connectivity index (χ1n) is 19.3. The number of rotatable bonds is 4. The summed E-state index contributed by atoms with van der Waals surface area (Å²) >= 11 is 1.88. The zero-order valence-corrected chi connectivity index (χ0v) is 31.2. The van der Waals surface area contributed by atoms with E-state index in [1.54, 1.807) is 0 Å². The Morgan fingerprint density at radius 3 is 1.89 bits per heavy atom. The number of fused-ring (bicyclic) bond motifs is 13. The molecule has 0 amide bonds. The summed E-state index contributed by atoms with van der Waals surface area (Å²) in [6, 6.07) is 68.7. The van der Waals surface area contributed by atoms with E-state index < -0.39 is 5.41 Å². The molecule has 1 nitrogen and oxygen atoms in total. The van der Waals surface area contributed by atoms with Crippen molar-refractivity contribution in [3.8, 4) is 22.3 Å². The Balaban J connectivity index is 1.18. The van der Waals surface area contributed by atoms with Gasteiger partial charge in [0, 0.05) is 37.2 Å². The Morgan fingerprint density at radius 1 is 0.436 bits per heavy atom. The molecule has 0 fully saturated rings. The van der Waals surface area contributed by atoms with Crippen molar-refractivity contribution < 1.29 is 0 Å². The summed E-state index contributed by atoms with van der Waals surface area (Å²) in [5.74, 6) is 0. The molecule has 2 heteroatoms. The van der Waals surface area contributed by atoms with Crippen LogP contribution in [0, 0.1) is 0 Å². The van der Waals surface area contributed by atoms with E-state index in [9.17, 15) is 0 Å². The van der Waals surface area contributed by atoms with Gasteiger partial charge < -0.3 is 4.90 Å². The minimum absolute atomic E-state index is 0.484. The molecule has 1 atom stereocenters. The molecule has 9 aromatic carbocycles. The number of anilines is 3. The molecule has 1 aromatic heterocycles. The first-order valence-corrected chi connectivity index (χ1v) is 20.1. The normalized spacial score (nSPS) is 15.1. The summed E-state index contributed by atoms with van der Waals surface area (Å²) in [4.78, 5) is 2.48. The van der Waals surface area contributed by atoms with Gasteiger partial charge in [-0.05, 0) is 121 Å². The number of hydrogen-bond acceptors (Lipinski definition) is 2. The van der Waals surface area contributed by atoms with E-state index in [1.165, 1.54) is 91.8 Å². The summed E-state index contributed by atoms with van der Waals surface area (Å²) in [5, 5.41) is 7.79. The van der Waals surface area contributed by atoms with E-state index in [2.05, 4.69) is 194 Å². The van der Waals surface area contributed by atoms with Crippen molar-refractivity contribution in [2.75, 3.05) is 4.90 Å². The number of thiophene rings is 1. The van der Waals surface area contributed by atoms with Crippen LogP contribution in [0.15, 0.2) is 182 Å². The molecule has 0 N–H and O–H groups in total. The minimum atomic E-state index is -0.484. The Labute approximate surface area is 324 Å². The largest absolute Gasteiger partial charge is 0.310 e. The molecule has 10 aromatic rings. The van der Waals surface area contributed by atoms with Crippen LogP contribution in [0.25, 0.3) is 64.0 Å². The zero-order chi connectivity index (χ0) is 36.3. The maximum Gasteiger partial charge on any atom is 0.0729 e. The Bertz CT molecular complexity index is 3220. The summed E-state index contributed by atoms with van der Waals surface area (Å²) in [7, 11) is 0. The highest BCUT2D eigenvalue weighted by Gasteiger charge is 2.51. The van der Waals surface area contributed by atoms with Crippen molar-refractivity contribution in [2.24, 2.45) is 0 Å². The minimum Gasteiger partial charge on any atom is -0.310 e. The molecule has 2 aliphatic carbocycles. The van der Waals surface area contributed by atoms with E-state index in [-0.39, 0.29) is 0 Å². The number of nitrogens with zero attached hydrogens (tertiary/aromatic N) is 1. The fraction of sp³-hybridized carbons (Fsp3) is 0.0566. The van der Waals surface area contributed by atoms with Crippen LogP contribution < -0.4 is 4.90 Å². The SMILES string of the molecule is CCc1ccc2cccc3c2c1C1(c2ccccc2-c2ccc(N(c4ccc5ccccc5c4)c4ccc5c(c4)sc4ccccc45)cc21)c1ccccc1-3. The van der Waals surface area contributed by atoms with Gasteiger partial charge in [0.05, 0.1) is 5.41 Å². The second-order valence-corrected chi connectivity index (χ2v) is 16.2. The average Bonchev–Trinajstić information content (AvgIpc) is 3.76. The lowest BCUT2D eigenvalue weighted by Crippen LogP contribution is -2.33. The highest BCUT2D eigenvalue weighted by Crippen LogP contribution is 2.63. The van der Waals surface area contributed by atoms with Crippen LogP contribution in [0.5, 0.6) is 0 Å². The van der Waals surface area contributed by atoms with Crippen molar-refractivity contribution in [1.82, 2.24) is 0 Å². The molecular formula is C53H35NS. The predicted octanol–water partition coefficient (Wildman–Crippen LogP) is 14.7. The second kappa shape index (κ2) is 11.5. The lowest BCUT2D eigenvalue weighted by Gasteiger charge is -2.41. The van der Waals surface area contributed by atoms with Gasteiger partial charge >= 0.3 is 0 Å². The van der Waals surface area contributed by atoms with Gasteiger partial charge in [0.15, 0.2) is 0 Å². The molecule has 0 saturated carbocycles. The molecular weight excluding hydrogens is 683 g/mol. The van der Waals surface area contributed by atoms with E-state index in [0.717, 1.165) is 23.5 Å². The summed E-state index contributed by atoms with van der Waals surface area (Å²) in [5.41, 5.74) is 15.2. The number of benzene rings is 9. The van der Waals surface area contributed by atoms with Crippen LogP contribution in [-0.4, -0.2) is 0 Å². The average molecular weight is 718 g/mol. The van der Waals surface area contributed by atoms with Crippen molar-refractivity contribution in [2.45, 2.75) is 18.8 Å². The van der Waals surface area contributed by atoms with Crippen LogP contribution in [-0.2, 0) is 11.8 Å². The zero-order valence-electron chi connectivity index (χ0n) is 30.4. The van der Waals surface area contributed by atoms with Crippen LogP contribution in [0.1, 0.15) is 34.7 Å². The van der Waals surface area contributed by atoms with E-state index >= 15 is 0 Å². The third-order valence-corrected chi connectivity index (χ3v) is 13.5. The third kappa shape index (κ3) is 4.18. The topological polar surface area (TPSA) is 3.24 Å². The Hall–Kier alpha value is -6.48. The number of aryl methyl sites for hydroxylation is 1. The van der Waals surface area contributed by atoms with Gasteiger partial charge in [0.2, 0.25) is 0 Å². The Morgan fingerprint density at radius 2 is 1.04 bits per heavy atom.